The van der Waals surface area contributed by atoms with E-state index >= 15 is 0 Å². The minimum absolute atomic E-state index is 0.0821. The number of amides is 1. The zero-order chi connectivity index (χ0) is 17.0. The summed E-state index contributed by atoms with van der Waals surface area (Å²) in [7, 11) is 0. The van der Waals surface area contributed by atoms with Gasteiger partial charge < -0.3 is 9.64 Å². The molecule has 1 aromatic carbocycles. The van der Waals surface area contributed by atoms with Gasteiger partial charge in [-0.2, -0.15) is 0 Å². The molecule has 7 heteroatoms. The standard InChI is InChI=1S/C18H15N3O3S/c22-14-9-18(24-15-4-2-1-3-12(14)15)5-6-21(11-18)16(23)13-10-20-7-8-25-17(20)19-13/h1-4,7-8,10H,5-6,9,11H2. The molecule has 126 valence electrons. The van der Waals surface area contributed by atoms with Crippen LogP contribution in [0.15, 0.2) is 42.0 Å². The summed E-state index contributed by atoms with van der Waals surface area (Å²) in [5.74, 6) is 0.594. The molecule has 2 aliphatic heterocycles. The van der Waals surface area contributed by atoms with Gasteiger partial charge in [-0.25, -0.2) is 4.98 Å². The number of thiazole rings is 1. The third-order valence-corrected chi connectivity index (χ3v) is 5.68. The molecule has 3 aromatic rings. The number of carbonyl (C=O) groups is 2. The molecular weight excluding hydrogens is 338 g/mol. The number of fused-ring (bicyclic) bond motifs is 2. The maximum atomic E-state index is 12.8. The molecule has 1 saturated heterocycles. The van der Waals surface area contributed by atoms with Gasteiger partial charge in [-0.05, 0) is 12.1 Å². The number of imidazole rings is 1. The topological polar surface area (TPSA) is 63.9 Å². The number of Topliss-reactive ketones (excluding diaryl/α,β-unsaturated/α-hetero) is 1. The lowest BCUT2D eigenvalue weighted by Crippen LogP contribution is -2.45. The van der Waals surface area contributed by atoms with Crippen molar-refractivity contribution in [3.8, 4) is 5.75 Å². The molecule has 1 atom stereocenters. The Morgan fingerprint density at radius 2 is 2.20 bits per heavy atom. The molecule has 2 aliphatic rings. The molecule has 1 amide bonds. The van der Waals surface area contributed by atoms with Gasteiger partial charge in [0, 0.05) is 30.7 Å². The maximum absolute atomic E-state index is 12.8. The van der Waals surface area contributed by atoms with Crippen molar-refractivity contribution >= 4 is 28.0 Å². The van der Waals surface area contributed by atoms with Crippen LogP contribution in [0.3, 0.4) is 0 Å². The third kappa shape index (κ3) is 2.26. The zero-order valence-electron chi connectivity index (χ0n) is 13.3. The van der Waals surface area contributed by atoms with Crippen LogP contribution in [-0.2, 0) is 0 Å². The summed E-state index contributed by atoms with van der Waals surface area (Å²) in [6.07, 6.45) is 4.60. The largest absolute Gasteiger partial charge is 0.484 e. The average Bonchev–Trinajstić information content (AvgIpc) is 3.29. The predicted molar refractivity (Wildman–Crippen MR) is 92.3 cm³/mol. The zero-order valence-corrected chi connectivity index (χ0v) is 14.2. The number of ketones is 1. The summed E-state index contributed by atoms with van der Waals surface area (Å²) in [5, 5.41) is 1.93. The SMILES string of the molecule is O=C1CC2(CCN(C(=O)c3cn4ccsc4n3)C2)Oc2ccccc21. The van der Waals surface area contributed by atoms with Crippen molar-refractivity contribution in [1.82, 2.24) is 14.3 Å². The number of nitrogens with zero attached hydrogens (tertiary/aromatic N) is 3. The quantitative estimate of drug-likeness (QED) is 0.675. The molecule has 0 N–H and O–H groups in total. The van der Waals surface area contributed by atoms with Crippen molar-refractivity contribution < 1.29 is 14.3 Å². The van der Waals surface area contributed by atoms with Crippen LogP contribution in [0.25, 0.3) is 4.96 Å². The van der Waals surface area contributed by atoms with E-state index in [-0.39, 0.29) is 11.7 Å². The molecule has 0 saturated carbocycles. The van der Waals surface area contributed by atoms with E-state index in [0.29, 0.717) is 42.9 Å². The number of rotatable bonds is 1. The first-order chi connectivity index (χ1) is 12.1. The van der Waals surface area contributed by atoms with E-state index in [4.69, 9.17) is 4.74 Å². The minimum atomic E-state index is -0.613. The normalized spacial score (nSPS) is 22.4. The van der Waals surface area contributed by atoms with Crippen LogP contribution in [0, 0.1) is 0 Å². The Morgan fingerprint density at radius 3 is 3.08 bits per heavy atom. The Kier molecular flexibility index (Phi) is 3.03. The second-order valence-electron chi connectivity index (χ2n) is 6.58. The average molecular weight is 353 g/mol. The molecule has 2 aromatic heterocycles. The fourth-order valence-electron chi connectivity index (χ4n) is 3.68. The van der Waals surface area contributed by atoms with Gasteiger partial charge in [0.25, 0.3) is 5.91 Å². The Morgan fingerprint density at radius 1 is 1.32 bits per heavy atom. The van der Waals surface area contributed by atoms with E-state index in [1.54, 1.807) is 17.2 Å². The van der Waals surface area contributed by atoms with Crippen molar-refractivity contribution in [3.05, 3.63) is 53.3 Å². The third-order valence-electron chi connectivity index (χ3n) is 4.91. The van der Waals surface area contributed by atoms with Crippen LogP contribution in [0.4, 0.5) is 0 Å². The molecular formula is C18H15N3O3S. The number of hydrogen-bond acceptors (Lipinski definition) is 5. The van der Waals surface area contributed by atoms with Gasteiger partial charge in [0.05, 0.1) is 18.5 Å². The predicted octanol–water partition coefficient (Wildman–Crippen LogP) is 2.65. The number of para-hydroxylation sites is 1. The highest BCUT2D eigenvalue weighted by Crippen LogP contribution is 2.38. The number of ether oxygens (including phenoxy) is 1. The first kappa shape index (κ1) is 14.7. The fraction of sp³-hybridized carbons (Fsp3) is 0.278. The second-order valence-corrected chi connectivity index (χ2v) is 7.45. The Labute approximate surface area is 147 Å². The van der Waals surface area contributed by atoms with Crippen LogP contribution in [0.1, 0.15) is 33.7 Å². The number of benzene rings is 1. The van der Waals surface area contributed by atoms with Crippen molar-refractivity contribution in [1.29, 1.82) is 0 Å². The van der Waals surface area contributed by atoms with Gasteiger partial charge in [-0.15, -0.1) is 11.3 Å². The second kappa shape index (κ2) is 5.16. The molecule has 1 unspecified atom stereocenters. The van der Waals surface area contributed by atoms with E-state index in [2.05, 4.69) is 4.98 Å². The number of likely N-dealkylation sites (tertiary alicyclic amines) is 1. The van der Waals surface area contributed by atoms with Gasteiger partial charge in [-0.1, -0.05) is 12.1 Å². The highest BCUT2D eigenvalue weighted by atomic mass is 32.1. The van der Waals surface area contributed by atoms with Gasteiger partial charge in [0.1, 0.15) is 17.0 Å². The molecule has 25 heavy (non-hydrogen) atoms. The lowest BCUT2D eigenvalue weighted by Gasteiger charge is -2.34. The van der Waals surface area contributed by atoms with Gasteiger partial charge >= 0.3 is 0 Å². The summed E-state index contributed by atoms with van der Waals surface area (Å²) in [6.45, 7) is 0.983. The van der Waals surface area contributed by atoms with E-state index in [9.17, 15) is 9.59 Å². The highest BCUT2D eigenvalue weighted by molar-refractivity contribution is 7.15. The summed E-state index contributed by atoms with van der Waals surface area (Å²) in [5.41, 5.74) is 0.455. The van der Waals surface area contributed by atoms with Crippen molar-refractivity contribution in [2.45, 2.75) is 18.4 Å². The summed E-state index contributed by atoms with van der Waals surface area (Å²) >= 11 is 1.49. The van der Waals surface area contributed by atoms with E-state index in [0.717, 1.165) is 4.96 Å². The highest BCUT2D eigenvalue weighted by Gasteiger charge is 2.47. The molecule has 0 radical (unpaired) electrons. The minimum Gasteiger partial charge on any atom is -0.484 e. The van der Waals surface area contributed by atoms with Crippen molar-refractivity contribution in [2.75, 3.05) is 13.1 Å². The monoisotopic (exact) mass is 353 g/mol. The lowest BCUT2D eigenvalue weighted by atomic mass is 9.89. The Bertz CT molecular complexity index is 979. The van der Waals surface area contributed by atoms with Crippen LogP contribution in [0.2, 0.25) is 0 Å². The molecule has 1 spiro atoms. The van der Waals surface area contributed by atoms with Gasteiger partial charge in [-0.3, -0.25) is 14.0 Å². The Hall–Kier alpha value is -2.67. The maximum Gasteiger partial charge on any atom is 0.274 e. The van der Waals surface area contributed by atoms with Crippen LogP contribution in [0.5, 0.6) is 5.75 Å². The molecule has 0 bridgehead atoms. The van der Waals surface area contributed by atoms with E-state index in [1.807, 2.05) is 34.2 Å². The molecule has 6 nitrogen and oxygen atoms in total. The summed E-state index contributed by atoms with van der Waals surface area (Å²) in [6, 6.07) is 7.32. The summed E-state index contributed by atoms with van der Waals surface area (Å²) in [4.78, 5) is 32.2. The van der Waals surface area contributed by atoms with E-state index < -0.39 is 5.60 Å². The first-order valence-electron chi connectivity index (χ1n) is 8.16. The van der Waals surface area contributed by atoms with Crippen molar-refractivity contribution in [3.63, 3.8) is 0 Å². The van der Waals surface area contributed by atoms with Gasteiger partial charge in [0.2, 0.25) is 0 Å². The number of aromatic nitrogens is 2. The van der Waals surface area contributed by atoms with Crippen LogP contribution < -0.4 is 4.74 Å². The van der Waals surface area contributed by atoms with Gasteiger partial charge in [0.15, 0.2) is 10.7 Å². The smallest absolute Gasteiger partial charge is 0.274 e. The van der Waals surface area contributed by atoms with E-state index in [1.165, 1.54) is 11.3 Å². The molecule has 5 rings (SSSR count). The molecule has 4 heterocycles. The Balaban J connectivity index is 1.40. The van der Waals surface area contributed by atoms with Crippen LogP contribution >= 0.6 is 11.3 Å². The number of hydrogen-bond donors (Lipinski definition) is 0. The fourth-order valence-corrected chi connectivity index (χ4v) is 4.38. The number of carbonyl (C=O) groups excluding carboxylic acids is 2. The molecule has 0 aliphatic carbocycles. The molecule has 1 fully saturated rings. The van der Waals surface area contributed by atoms with Crippen LogP contribution in [-0.4, -0.2) is 44.7 Å². The first-order valence-corrected chi connectivity index (χ1v) is 9.04. The lowest BCUT2D eigenvalue weighted by molar-refractivity contribution is 0.0427. The van der Waals surface area contributed by atoms with Crippen molar-refractivity contribution in [2.24, 2.45) is 0 Å². The summed E-state index contributed by atoms with van der Waals surface area (Å²) < 4.78 is 8.02.